The lowest BCUT2D eigenvalue weighted by Crippen LogP contribution is -2.52. The van der Waals surface area contributed by atoms with E-state index in [0.717, 1.165) is 37.7 Å². The van der Waals surface area contributed by atoms with E-state index in [4.69, 9.17) is 9.47 Å². The molecule has 202 valence electrons. The lowest BCUT2D eigenvalue weighted by molar-refractivity contribution is -0.175. The molecular formula is C29H45NO6. The minimum Gasteiger partial charge on any atom is -0.461 e. The lowest BCUT2D eigenvalue weighted by atomic mass is 9.95. The molecule has 0 spiro atoms. The number of amides is 1. The molecule has 1 saturated heterocycles. The van der Waals surface area contributed by atoms with Crippen LogP contribution in [-0.4, -0.2) is 59.3 Å². The number of likely N-dealkylation sites (N-methyl/N-ethyl adjacent to an activating group) is 1. The summed E-state index contributed by atoms with van der Waals surface area (Å²) in [4.78, 5) is 41.0. The van der Waals surface area contributed by atoms with Crippen LogP contribution >= 0.6 is 0 Å². The second-order valence-corrected chi connectivity index (χ2v) is 10.6. The van der Waals surface area contributed by atoms with Crippen molar-refractivity contribution in [2.45, 2.75) is 110 Å². The first-order chi connectivity index (χ1) is 17.1. The number of hydrogen-bond donors (Lipinski definition) is 1. The number of benzene rings is 1. The third-order valence-corrected chi connectivity index (χ3v) is 6.98. The Balaban J connectivity index is 2.32. The van der Waals surface area contributed by atoms with Crippen molar-refractivity contribution in [1.82, 2.24) is 4.90 Å². The van der Waals surface area contributed by atoms with Crippen LogP contribution in [0.4, 0.5) is 0 Å². The average Bonchev–Trinajstić information content (AvgIpc) is 2.84. The summed E-state index contributed by atoms with van der Waals surface area (Å²) in [6.07, 6.45) is 3.46. The molecule has 0 bridgehead atoms. The summed E-state index contributed by atoms with van der Waals surface area (Å²) in [5.74, 6) is -2.06. The molecule has 1 amide bonds. The van der Waals surface area contributed by atoms with Crippen LogP contribution in [0.3, 0.4) is 0 Å². The zero-order chi connectivity index (χ0) is 26.7. The topological polar surface area (TPSA) is 93.1 Å². The Labute approximate surface area is 216 Å². The van der Waals surface area contributed by atoms with Gasteiger partial charge >= 0.3 is 11.9 Å². The molecule has 7 nitrogen and oxygen atoms in total. The fraction of sp³-hybridized carbons (Fsp3) is 0.690. The molecule has 2 unspecified atom stereocenters. The van der Waals surface area contributed by atoms with Crippen LogP contribution < -0.4 is 0 Å². The Morgan fingerprint density at radius 1 is 1.03 bits per heavy atom. The summed E-state index contributed by atoms with van der Waals surface area (Å²) in [6.45, 7) is 7.78. The summed E-state index contributed by atoms with van der Waals surface area (Å²) in [7, 11) is 1.60. The fourth-order valence-electron chi connectivity index (χ4n) is 4.69. The SMILES string of the molecule is CCCCCCCC1OC(=O)C[C@@H](O)[C@H](Cc2ccccc2)N(C)C(=O)C(CC(C)C)OC(=O)[C@H]1C. The van der Waals surface area contributed by atoms with Gasteiger partial charge in [0.15, 0.2) is 6.10 Å². The maximum atomic E-state index is 13.6. The molecule has 5 atom stereocenters. The van der Waals surface area contributed by atoms with Gasteiger partial charge in [0.2, 0.25) is 0 Å². The first-order valence-corrected chi connectivity index (χ1v) is 13.5. The van der Waals surface area contributed by atoms with Crippen molar-refractivity contribution in [1.29, 1.82) is 0 Å². The van der Waals surface area contributed by atoms with Gasteiger partial charge in [-0.1, -0.05) is 76.8 Å². The van der Waals surface area contributed by atoms with Gasteiger partial charge in [0.05, 0.1) is 24.5 Å². The summed E-state index contributed by atoms with van der Waals surface area (Å²) < 4.78 is 11.5. The second-order valence-electron chi connectivity index (χ2n) is 10.6. The summed E-state index contributed by atoms with van der Waals surface area (Å²) >= 11 is 0. The van der Waals surface area contributed by atoms with E-state index >= 15 is 0 Å². The van der Waals surface area contributed by atoms with Gasteiger partial charge in [0.1, 0.15) is 6.10 Å². The summed E-state index contributed by atoms with van der Waals surface area (Å²) in [5, 5.41) is 11.1. The Morgan fingerprint density at radius 2 is 1.69 bits per heavy atom. The zero-order valence-electron chi connectivity index (χ0n) is 22.7. The fourth-order valence-corrected chi connectivity index (χ4v) is 4.69. The van der Waals surface area contributed by atoms with Crippen molar-refractivity contribution in [2.75, 3.05) is 7.05 Å². The average molecular weight is 504 g/mol. The van der Waals surface area contributed by atoms with E-state index in [1.165, 1.54) is 4.90 Å². The van der Waals surface area contributed by atoms with Gasteiger partial charge < -0.3 is 19.5 Å². The molecule has 36 heavy (non-hydrogen) atoms. The highest BCUT2D eigenvalue weighted by molar-refractivity contribution is 5.85. The molecule has 1 aromatic rings. The van der Waals surface area contributed by atoms with Crippen molar-refractivity contribution in [3.05, 3.63) is 35.9 Å². The third kappa shape index (κ3) is 9.23. The first-order valence-electron chi connectivity index (χ1n) is 13.5. The molecule has 1 aromatic carbocycles. The largest absolute Gasteiger partial charge is 0.461 e. The monoisotopic (exact) mass is 503 g/mol. The highest BCUT2D eigenvalue weighted by atomic mass is 16.6. The number of carbonyl (C=O) groups is 3. The molecule has 1 fully saturated rings. The van der Waals surface area contributed by atoms with Crippen LogP contribution in [0.25, 0.3) is 0 Å². The van der Waals surface area contributed by atoms with Gasteiger partial charge in [0, 0.05) is 7.05 Å². The standard InChI is InChI=1S/C29H45NO6/c1-6-7-8-9-13-16-25-21(4)29(34)36-26(17-20(2)3)28(33)30(5)23(24(31)19-27(32)35-25)18-22-14-11-10-12-15-22/h10-12,14-15,20-21,23-26,31H,6-9,13,16-19H2,1-5H3/t21-,23-,24+,25?,26?/m0/s1. The Kier molecular flexibility index (Phi) is 12.4. The van der Waals surface area contributed by atoms with Gasteiger partial charge in [-0.3, -0.25) is 14.4 Å². The highest BCUT2D eigenvalue weighted by Crippen LogP contribution is 2.24. The van der Waals surface area contributed by atoms with Gasteiger partial charge in [0.25, 0.3) is 5.91 Å². The highest BCUT2D eigenvalue weighted by Gasteiger charge is 2.38. The number of rotatable bonds is 10. The second kappa shape index (κ2) is 15.0. The van der Waals surface area contributed by atoms with Gasteiger partial charge in [-0.25, -0.2) is 0 Å². The van der Waals surface area contributed by atoms with E-state index in [-0.39, 0.29) is 18.2 Å². The molecule has 0 radical (unpaired) electrons. The molecule has 1 aliphatic heterocycles. The number of nitrogens with zero attached hydrogens (tertiary/aromatic N) is 1. The van der Waals surface area contributed by atoms with Crippen molar-refractivity contribution in [3.8, 4) is 0 Å². The van der Waals surface area contributed by atoms with E-state index in [9.17, 15) is 19.5 Å². The predicted octanol–water partition coefficient (Wildman–Crippen LogP) is 4.69. The Hall–Kier alpha value is -2.41. The molecule has 7 heteroatoms. The molecule has 0 saturated carbocycles. The van der Waals surface area contributed by atoms with Crippen LogP contribution in [-0.2, 0) is 30.3 Å². The molecule has 1 heterocycles. The summed E-state index contributed by atoms with van der Waals surface area (Å²) in [6, 6.07) is 8.84. The smallest absolute Gasteiger partial charge is 0.313 e. The number of unbranched alkanes of at least 4 members (excludes halogenated alkanes) is 4. The number of carbonyl (C=O) groups excluding carboxylic acids is 3. The molecule has 1 N–H and O–H groups in total. The number of esters is 2. The summed E-state index contributed by atoms with van der Waals surface area (Å²) in [5.41, 5.74) is 0.928. The van der Waals surface area contributed by atoms with Crippen LogP contribution in [0.5, 0.6) is 0 Å². The van der Waals surface area contributed by atoms with Crippen LogP contribution in [0, 0.1) is 11.8 Å². The van der Waals surface area contributed by atoms with Gasteiger partial charge in [-0.05, 0) is 44.1 Å². The van der Waals surface area contributed by atoms with E-state index in [1.54, 1.807) is 14.0 Å². The first kappa shape index (κ1) is 29.8. The van der Waals surface area contributed by atoms with Crippen molar-refractivity contribution in [2.24, 2.45) is 11.8 Å². The van der Waals surface area contributed by atoms with Crippen molar-refractivity contribution >= 4 is 17.8 Å². The van der Waals surface area contributed by atoms with E-state index < -0.39 is 42.2 Å². The minimum absolute atomic E-state index is 0.119. The zero-order valence-corrected chi connectivity index (χ0v) is 22.7. The van der Waals surface area contributed by atoms with E-state index in [0.29, 0.717) is 19.3 Å². The maximum absolute atomic E-state index is 13.6. The number of hydrogen-bond acceptors (Lipinski definition) is 6. The van der Waals surface area contributed by atoms with E-state index in [2.05, 4.69) is 6.92 Å². The predicted molar refractivity (Wildman–Crippen MR) is 139 cm³/mol. The number of aliphatic hydroxyl groups is 1. The Bertz CT molecular complexity index is 826. The quantitative estimate of drug-likeness (QED) is 0.368. The molecule has 2 rings (SSSR count). The molecule has 0 aromatic heterocycles. The van der Waals surface area contributed by atoms with Crippen LogP contribution in [0.2, 0.25) is 0 Å². The molecule has 0 aliphatic carbocycles. The maximum Gasteiger partial charge on any atom is 0.313 e. The van der Waals surface area contributed by atoms with Crippen molar-refractivity contribution in [3.63, 3.8) is 0 Å². The van der Waals surface area contributed by atoms with E-state index in [1.807, 2.05) is 44.2 Å². The Morgan fingerprint density at radius 3 is 2.33 bits per heavy atom. The van der Waals surface area contributed by atoms with Gasteiger partial charge in [-0.15, -0.1) is 0 Å². The number of ether oxygens (including phenoxy) is 2. The molecule has 1 aliphatic rings. The van der Waals surface area contributed by atoms with Gasteiger partial charge in [-0.2, -0.15) is 0 Å². The van der Waals surface area contributed by atoms with Crippen LogP contribution in [0.1, 0.15) is 84.6 Å². The van der Waals surface area contributed by atoms with Crippen LogP contribution in [0.15, 0.2) is 30.3 Å². The third-order valence-electron chi connectivity index (χ3n) is 6.98. The normalized spacial score (nSPS) is 26.2. The minimum atomic E-state index is -1.12. The molecular weight excluding hydrogens is 458 g/mol. The van der Waals surface area contributed by atoms with Crippen molar-refractivity contribution < 1.29 is 29.0 Å². The number of aliphatic hydroxyl groups excluding tert-OH is 1. The lowest BCUT2D eigenvalue weighted by Gasteiger charge is -2.36. The number of cyclic esters (lactones) is 2.